The van der Waals surface area contributed by atoms with E-state index in [0.29, 0.717) is 0 Å². The summed E-state index contributed by atoms with van der Waals surface area (Å²) in [6, 6.07) is 0. The number of hydrogen-bond donors (Lipinski definition) is 4. The van der Waals surface area contributed by atoms with E-state index in [4.69, 9.17) is 20.0 Å². The van der Waals surface area contributed by atoms with Gasteiger partial charge in [-0.2, -0.15) is 0 Å². The summed E-state index contributed by atoms with van der Waals surface area (Å²) < 4.78 is 13.6. The van der Waals surface area contributed by atoms with Gasteiger partial charge < -0.3 is 20.0 Å². The largest absolute Gasteiger partial charge is 0.478 e. The first-order chi connectivity index (χ1) is 8.35. The highest BCUT2D eigenvalue weighted by molar-refractivity contribution is 7.46. The molecule has 0 aliphatic heterocycles. The average Bonchev–Trinajstić information content (AvgIpc) is 2.16. The first kappa shape index (κ1) is 22.7. The van der Waals surface area contributed by atoms with Crippen molar-refractivity contribution in [3.05, 3.63) is 24.3 Å². The highest BCUT2D eigenvalue weighted by Crippen LogP contribution is 2.34. The molecule has 0 aromatic heterocycles. The van der Waals surface area contributed by atoms with E-state index in [1.807, 2.05) is 0 Å². The van der Waals surface area contributed by atoms with Crippen molar-refractivity contribution in [2.24, 2.45) is 0 Å². The quantitative estimate of drug-likeness (QED) is 0.451. The number of rotatable bonds is 4. The Morgan fingerprint density at radius 1 is 1.05 bits per heavy atom. The lowest BCUT2D eigenvalue weighted by Crippen LogP contribution is -1.92. The normalized spacial score (nSPS) is 9.11. The summed E-state index contributed by atoms with van der Waals surface area (Å²) in [4.78, 5) is 35.0. The highest BCUT2D eigenvalue weighted by atomic mass is 31.2. The molecule has 4 N–H and O–H groups in total. The minimum absolute atomic E-state index is 0.0459. The molecule has 9 heteroatoms. The lowest BCUT2D eigenvalue weighted by atomic mass is 10.4. The lowest BCUT2D eigenvalue weighted by molar-refractivity contribution is -0.133. The third-order valence-corrected chi connectivity index (χ3v) is 1.62. The molecule has 0 aliphatic carbocycles. The van der Waals surface area contributed by atoms with Gasteiger partial charge >= 0.3 is 19.8 Å². The molecule has 112 valence electrons. The van der Waals surface area contributed by atoms with E-state index < -0.39 is 19.8 Å². The predicted octanol–water partition coefficient (Wildman–Crippen LogP) is 1.41. The molecule has 0 rings (SSSR count). The number of phosphoric ester groups is 1. The van der Waals surface area contributed by atoms with Crippen molar-refractivity contribution in [2.75, 3.05) is 6.61 Å². The fourth-order valence-corrected chi connectivity index (χ4v) is 0.505. The fourth-order valence-electron chi connectivity index (χ4n) is 0.168. The molecule has 0 heterocycles. The van der Waals surface area contributed by atoms with Crippen LogP contribution in [0.5, 0.6) is 0 Å². The Balaban J connectivity index is -0.000000203. The number of carboxylic acid groups (broad SMARTS) is 2. The van der Waals surface area contributed by atoms with Crippen LogP contribution in [0.15, 0.2) is 24.3 Å². The summed E-state index contributed by atoms with van der Waals surface area (Å²) in [5.74, 6) is -1.87. The zero-order valence-corrected chi connectivity index (χ0v) is 11.9. The van der Waals surface area contributed by atoms with Gasteiger partial charge in [0.15, 0.2) is 0 Å². The molecule has 0 unspecified atom stereocenters. The van der Waals surface area contributed by atoms with E-state index in [9.17, 15) is 14.2 Å². The van der Waals surface area contributed by atoms with Crippen LogP contribution in [0.1, 0.15) is 20.8 Å². The van der Waals surface area contributed by atoms with E-state index in [0.717, 1.165) is 0 Å². The Hall–Kier alpha value is -1.47. The minimum Gasteiger partial charge on any atom is -0.478 e. The van der Waals surface area contributed by atoms with Crippen LogP contribution in [0.25, 0.3) is 0 Å². The Kier molecular flexibility index (Phi) is 13.9. The van der Waals surface area contributed by atoms with E-state index in [1.165, 1.54) is 20.8 Å². The highest BCUT2D eigenvalue weighted by Gasteiger charge is 2.10. The smallest absolute Gasteiger partial charge is 0.469 e. The average molecular weight is 298 g/mol. The van der Waals surface area contributed by atoms with Gasteiger partial charge in [-0.25, -0.2) is 14.2 Å². The van der Waals surface area contributed by atoms with E-state index in [-0.39, 0.29) is 17.8 Å². The van der Waals surface area contributed by atoms with E-state index in [2.05, 4.69) is 17.7 Å². The summed E-state index contributed by atoms with van der Waals surface area (Å²) in [5, 5.41) is 15.8. The Morgan fingerprint density at radius 2 is 1.26 bits per heavy atom. The van der Waals surface area contributed by atoms with Gasteiger partial charge in [-0.1, -0.05) is 13.2 Å². The van der Waals surface area contributed by atoms with Crippen molar-refractivity contribution < 1.29 is 38.7 Å². The maximum Gasteiger partial charge on any atom is 0.469 e. The second-order valence-corrected chi connectivity index (χ2v) is 4.32. The van der Waals surface area contributed by atoms with Crippen LogP contribution in [-0.2, 0) is 18.7 Å². The molecule has 0 bridgehead atoms. The van der Waals surface area contributed by atoms with Crippen LogP contribution in [-0.4, -0.2) is 38.5 Å². The molecule has 0 aromatic rings. The molecule has 0 aromatic carbocycles. The Bertz CT molecular complexity index is 320. The van der Waals surface area contributed by atoms with Gasteiger partial charge in [-0.05, 0) is 20.8 Å². The first-order valence-corrected chi connectivity index (χ1v) is 6.35. The summed E-state index contributed by atoms with van der Waals surface area (Å²) in [7, 11) is -4.17. The maximum atomic E-state index is 9.70. The van der Waals surface area contributed by atoms with Crippen molar-refractivity contribution in [1.29, 1.82) is 0 Å². The molecular weight excluding hydrogens is 279 g/mol. The van der Waals surface area contributed by atoms with Gasteiger partial charge in [-0.3, -0.25) is 4.52 Å². The van der Waals surface area contributed by atoms with Crippen molar-refractivity contribution in [3.63, 3.8) is 0 Å². The molecule has 8 nitrogen and oxygen atoms in total. The fraction of sp³-hybridized carbons (Fsp3) is 0.400. The molecule has 0 amide bonds. The molecule has 0 saturated heterocycles. The lowest BCUT2D eigenvalue weighted by Gasteiger charge is -1.98. The van der Waals surface area contributed by atoms with Gasteiger partial charge in [0, 0.05) is 11.1 Å². The Labute approximate surface area is 111 Å². The van der Waals surface area contributed by atoms with Gasteiger partial charge in [-0.15, -0.1) is 0 Å². The van der Waals surface area contributed by atoms with E-state index in [1.54, 1.807) is 0 Å². The van der Waals surface area contributed by atoms with Crippen molar-refractivity contribution in [2.45, 2.75) is 20.8 Å². The number of carbonyl (C=O) groups is 2. The topological polar surface area (TPSA) is 141 Å². The van der Waals surface area contributed by atoms with Crippen LogP contribution in [0, 0.1) is 0 Å². The van der Waals surface area contributed by atoms with Crippen molar-refractivity contribution in [1.82, 2.24) is 0 Å². The number of carboxylic acids is 2. The molecule has 0 fully saturated rings. The molecule has 0 spiro atoms. The van der Waals surface area contributed by atoms with Gasteiger partial charge in [0.25, 0.3) is 0 Å². The van der Waals surface area contributed by atoms with Crippen LogP contribution in [0.3, 0.4) is 0 Å². The molecular formula is C10H19O8P. The van der Waals surface area contributed by atoms with Crippen LogP contribution >= 0.6 is 7.82 Å². The predicted molar refractivity (Wildman–Crippen MR) is 68.6 cm³/mol. The number of hydrogen-bond acceptors (Lipinski definition) is 4. The summed E-state index contributed by atoms with van der Waals surface area (Å²) in [5.41, 5.74) is 0.352. The number of phosphoric acid groups is 1. The molecule has 19 heavy (non-hydrogen) atoms. The van der Waals surface area contributed by atoms with Crippen molar-refractivity contribution >= 4 is 19.8 Å². The Morgan fingerprint density at radius 3 is 1.26 bits per heavy atom. The zero-order chi connectivity index (χ0) is 16.2. The monoisotopic (exact) mass is 298 g/mol. The third-order valence-electron chi connectivity index (χ3n) is 1.03. The maximum absolute atomic E-state index is 9.70. The first-order valence-electron chi connectivity index (χ1n) is 4.82. The van der Waals surface area contributed by atoms with Gasteiger partial charge in [0.05, 0.1) is 6.61 Å². The van der Waals surface area contributed by atoms with Gasteiger partial charge in [0.2, 0.25) is 0 Å². The molecule has 0 aliphatic rings. The van der Waals surface area contributed by atoms with Crippen LogP contribution in [0.4, 0.5) is 0 Å². The van der Waals surface area contributed by atoms with E-state index >= 15 is 0 Å². The zero-order valence-electron chi connectivity index (χ0n) is 11.0. The standard InChI is InChI=1S/2C4H6O2.C2H7O4P/c2*1-3(2)4(5)6;1-2-6-7(3,4)5/h2*1H2,2H3,(H,5,6);2H2,1H3,(H2,3,4,5). The molecule has 0 saturated carbocycles. The third kappa shape index (κ3) is 31.5. The summed E-state index contributed by atoms with van der Waals surface area (Å²) >= 11 is 0. The SMILES string of the molecule is C=C(C)C(=O)O.C=C(C)C(=O)O.CCOP(=O)(O)O. The van der Waals surface area contributed by atoms with Gasteiger partial charge in [0.1, 0.15) is 0 Å². The second-order valence-electron chi connectivity index (χ2n) is 3.08. The minimum atomic E-state index is -4.17. The second kappa shape index (κ2) is 11.6. The molecule has 0 atom stereocenters. The van der Waals surface area contributed by atoms with Crippen LogP contribution < -0.4 is 0 Å². The summed E-state index contributed by atoms with van der Waals surface area (Å²) in [6.45, 7) is 10.8. The summed E-state index contributed by atoms with van der Waals surface area (Å²) in [6.07, 6.45) is 0. The molecule has 0 radical (unpaired) electrons. The number of aliphatic carboxylic acids is 2. The van der Waals surface area contributed by atoms with Crippen molar-refractivity contribution in [3.8, 4) is 0 Å². The van der Waals surface area contributed by atoms with Crippen LogP contribution in [0.2, 0.25) is 0 Å².